The predicted octanol–water partition coefficient (Wildman–Crippen LogP) is 3.42. The molecule has 2 heterocycles. The van der Waals surface area contributed by atoms with E-state index in [1.165, 1.54) is 19.1 Å². The zero-order valence-electron chi connectivity index (χ0n) is 25.2. The van der Waals surface area contributed by atoms with Gasteiger partial charge in [-0.25, -0.2) is 0 Å². The van der Waals surface area contributed by atoms with Crippen LogP contribution in [0.25, 0.3) is 0 Å². The molecule has 2 aliphatic heterocycles. The summed E-state index contributed by atoms with van der Waals surface area (Å²) in [6, 6.07) is -1.95. The Labute approximate surface area is 161 Å². The summed E-state index contributed by atoms with van der Waals surface area (Å²) < 4.78 is 102. The Bertz CT molecular complexity index is 980. The zero-order valence-corrected chi connectivity index (χ0v) is 14.2. The minimum atomic E-state index is -3.20. The molecule has 1 fully saturated rings. The standard InChI is InChI=1S/C20H31NO3/c1-20(2,3)11-14-12-21-7-6-13-8-18(23-4)19(24-5)9-15(13)16(21)10-17(14)22/h8-9,14,16-17,22H,6-7,10-12H2,1-5H3/i1D3,2D3,8D,9D,11D2,16D. The Morgan fingerprint density at radius 1 is 1.42 bits per heavy atom. The number of aliphatic hydroxyl groups is 1. The van der Waals surface area contributed by atoms with Gasteiger partial charge in [-0.05, 0) is 53.8 Å². The van der Waals surface area contributed by atoms with Crippen LogP contribution in [-0.4, -0.2) is 43.4 Å². The van der Waals surface area contributed by atoms with E-state index in [1.807, 2.05) is 0 Å². The number of hydrogen-bond donors (Lipinski definition) is 1. The van der Waals surface area contributed by atoms with E-state index in [0.29, 0.717) is 5.56 Å². The van der Waals surface area contributed by atoms with Crippen molar-refractivity contribution in [2.24, 2.45) is 11.3 Å². The fraction of sp³-hybridized carbons (Fsp3) is 0.700. The second-order valence-electron chi connectivity index (χ2n) is 6.46. The van der Waals surface area contributed by atoms with Gasteiger partial charge in [-0.3, -0.25) is 4.90 Å². The summed E-state index contributed by atoms with van der Waals surface area (Å²) >= 11 is 0. The first kappa shape index (κ1) is 8.41. The molecule has 1 aromatic carbocycles. The number of hydrogen-bond acceptors (Lipinski definition) is 4. The molecule has 3 unspecified atom stereocenters. The highest BCUT2D eigenvalue weighted by molar-refractivity contribution is 5.49. The molecule has 4 heteroatoms. The third kappa shape index (κ3) is 3.40. The molecule has 0 spiro atoms. The van der Waals surface area contributed by atoms with Gasteiger partial charge in [-0.2, -0.15) is 0 Å². The lowest BCUT2D eigenvalue weighted by Gasteiger charge is -2.47. The molecular formula is C20H31NO3. The third-order valence-electron chi connectivity index (χ3n) is 4.48. The first-order chi connectivity index (χ1) is 15.8. The van der Waals surface area contributed by atoms with E-state index in [9.17, 15) is 6.48 Å². The van der Waals surface area contributed by atoms with Crippen LogP contribution >= 0.6 is 0 Å². The minimum absolute atomic E-state index is 0.0333. The van der Waals surface area contributed by atoms with Crippen LogP contribution in [0.15, 0.2) is 12.1 Å². The quantitative estimate of drug-likeness (QED) is 0.912. The monoisotopic (exact) mass is 344 g/mol. The average Bonchev–Trinajstić information content (AvgIpc) is 2.71. The Morgan fingerprint density at radius 2 is 2.12 bits per heavy atom. The number of aliphatic hydroxyl groups excluding tert-OH is 1. The van der Waals surface area contributed by atoms with Gasteiger partial charge in [0.25, 0.3) is 0 Å². The van der Waals surface area contributed by atoms with Crippen molar-refractivity contribution in [2.45, 2.75) is 52.0 Å². The lowest BCUT2D eigenvalue weighted by atomic mass is 9.75. The van der Waals surface area contributed by atoms with E-state index in [-0.39, 0.29) is 48.7 Å². The number of fused-ring (bicyclic) bond motifs is 3. The SMILES string of the molecule is [2H]c1c2c(c([2H])c(OC)c1OC)C1([2H])CC(O)C(C([2H])([2H])C(C)(C([2H])([2H])[2H])C([2H])([2H])[2H])CN1CC2. The first-order valence-corrected chi connectivity index (χ1v) is 7.98. The number of rotatable bonds is 3. The average molecular weight is 345 g/mol. The number of nitrogens with zero attached hydrogens (tertiary/aromatic N) is 1. The first-order valence-electron chi connectivity index (χ1n) is 13.5. The molecule has 134 valence electrons. The summed E-state index contributed by atoms with van der Waals surface area (Å²) in [5.74, 6) is -1.41. The van der Waals surface area contributed by atoms with E-state index in [0.717, 1.165) is 6.92 Å². The van der Waals surface area contributed by atoms with Crippen molar-refractivity contribution < 1.29 is 29.7 Å². The summed E-state index contributed by atoms with van der Waals surface area (Å²) in [6.45, 7) is -5.69. The van der Waals surface area contributed by atoms with E-state index in [2.05, 4.69) is 0 Å². The Hall–Kier alpha value is -1.26. The molecule has 0 aromatic heterocycles. The molecule has 3 rings (SSSR count). The van der Waals surface area contributed by atoms with Gasteiger partial charge in [-0.15, -0.1) is 0 Å². The van der Waals surface area contributed by atoms with Crippen LogP contribution in [0.2, 0.25) is 0 Å². The van der Waals surface area contributed by atoms with Gasteiger partial charge in [-0.1, -0.05) is 20.6 Å². The second kappa shape index (κ2) is 6.57. The van der Waals surface area contributed by atoms with Crippen molar-refractivity contribution in [1.82, 2.24) is 4.90 Å². The molecule has 1 N–H and O–H groups in total. The second-order valence-corrected chi connectivity index (χ2v) is 6.46. The maximum Gasteiger partial charge on any atom is 0.161 e. The molecule has 0 amide bonds. The number of benzene rings is 1. The highest BCUT2D eigenvalue weighted by Crippen LogP contribution is 2.44. The lowest BCUT2D eigenvalue weighted by molar-refractivity contribution is -0.0259. The van der Waals surface area contributed by atoms with Crippen molar-refractivity contribution in [1.29, 1.82) is 0 Å². The van der Waals surface area contributed by atoms with Crippen molar-refractivity contribution in [2.75, 3.05) is 27.3 Å². The molecule has 0 aliphatic carbocycles. The number of ether oxygens (including phenoxy) is 2. The van der Waals surface area contributed by atoms with Crippen LogP contribution in [0, 0.1) is 11.3 Å². The summed E-state index contributed by atoms with van der Waals surface area (Å²) in [7, 11) is 2.65. The van der Waals surface area contributed by atoms with E-state index in [1.54, 1.807) is 0 Å². The molecule has 3 atom stereocenters. The molecule has 0 radical (unpaired) electrons. The molecule has 4 nitrogen and oxygen atoms in total. The van der Waals surface area contributed by atoms with Crippen LogP contribution in [0.1, 0.15) is 65.6 Å². The summed E-state index contributed by atoms with van der Waals surface area (Å²) in [5.41, 5.74) is -2.26. The molecule has 1 saturated heterocycles. The van der Waals surface area contributed by atoms with Gasteiger partial charge in [0.15, 0.2) is 11.5 Å². The fourth-order valence-corrected chi connectivity index (χ4v) is 3.41. The van der Waals surface area contributed by atoms with Gasteiger partial charge in [0.2, 0.25) is 0 Å². The summed E-state index contributed by atoms with van der Waals surface area (Å²) in [6.07, 6.45) is -4.64. The van der Waals surface area contributed by atoms with Gasteiger partial charge < -0.3 is 14.6 Å². The molecule has 2 aliphatic rings. The Balaban J connectivity index is 2.13. The van der Waals surface area contributed by atoms with Crippen LogP contribution in [-0.2, 0) is 6.42 Å². The largest absolute Gasteiger partial charge is 0.493 e. The minimum Gasteiger partial charge on any atom is -0.493 e. The normalized spacial score (nSPS) is 38.8. The molecule has 0 bridgehead atoms. The van der Waals surface area contributed by atoms with Gasteiger partial charge in [0.1, 0.15) is 0 Å². The van der Waals surface area contributed by atoms with Crippen LogP contribution in [0.4, 0.5) is 0 Å². The van der Waals surface area contributed by atoms with Crippen LogP contribution in [0.3, 0.4) is 0 Å². The van der Waals surface area contributed by atoms with Crippen molar-refractivity contribution >= 4 is 0 Å². The third-order valence-corrected chi connectivity index (χ3v) is 4.48. The van der Waals surface area contributed by atoms with E-state index in [4.69, 9.17) is 23.2 Å². The number of piperidine rings is 1. The van der Waals surface area contributed by atoms with Gasteiger partial charge in [0, 0.05) is 30.1 Å². The Morgan fingerprint density at radius 3 is 2.79 bits per heavy atom. The van der Waals surface area contributed by atoms with Gasteiger partial charge in [0.05, 0.1) is 24.4 Å². The van der Waals surface area contributed by atoms with E-state index >= 15 is 0 Å². The van der Waals surface area contributed by atoms with Crippen molar-refractivity contribution in [3.05, 3.63) is 23.2 Å². The Kier molecular flexibility index (Phi) is 2.30. The van der Waals surface area contributed by atoms with Gasteiger partial charge >= 0.3 is 0 Å². The molecular weight excluding hydrogens is 302 g/mol. The summed E-state index contributed by atoms with van der Waals surface area (Å²) in [4.78, 5) is 1.52. The number of methoxy groups -OCH3 is 2. The summed E-state index contributed by atoms with van der Waals surface area (Å²) in [5, 5.41) is 11.1. The lowest BCUT2D eigenvalue weighted by Crippen LogP contribution is -2.48. The topological polar surface area (TPSA) is 41.9 Å². The van der Waals surface area contributed by atoms with Crippen molar-refractivity contribution in [3.8, 4) is 11.5 Å². The highest BCUT2D eigenvalue weighted by Gasteiger charge is 2.39. The maximum atomic E-state index is 11.1. The maximum absolute atomic E-state index is 11.1. The molecule has 0 saturated carbocycles. The smallest absolute Gasteiger partial charge is 0.161 e. The van der Waals surface area contributed by atoms with E-state index < -0.39 is 50.0 Å². The molecule has 24 heavy (non-hydrogen) atoms. The van der Waals surface area contributed by atoms with Crippen LogP contribution < -0.4 is 9.47 Å². The highest BCUT2D eigenvalue weighted by atomic mass is 16.5. The fourth-order valence-electron chi connectivity index (χ4n) is 3.41. The molecule has 1 aromatic rings. The predicted molar refractivity (Wildman–Crippen MR) is 95.7 cm³/mol. The zero-order chi connectivity index (χ0) is 26.9. The van der Waals surface area contributed by atoms with Crippen molar-refractivity contribution in [3.63, 3.8) is 0 Å². The van der Waals surface area contributed by atoms with Crippen LogP contribution in [0.5, 0.6) is 11.5 Å².